The van der Waals surface area contributed by atoms with Crippen LogP contribution in [0.3, 0.4) is 0 Å². The van der Waals surface area contributed by atoms with Crippen molar-refractivity contribution in [1.29, 1.82) is 0 Å². The lowest BCUT2D eigenvalue weighted by Crippen LogP contribution is -2.25. The van der Waals surface area contributed by atoms with Crippen LogP contribution in [-0.2, 0) is 19.5 Å². The predicted molar refractivity (Wildman–Crippen MR) is 90.7 cm³/mol. The third-order valence-corrected chi connectivity index (χ3v) is 4.90. The lowest BCUT2D eigenvalue weighted by Gasteiger charge is -2.23. The topological polar surface area (TPSA) is 15.3 Å². The van der Waals surface area contributed by atoms with E-state index in [9.17, 15) is 0 Å². The van der Waals surface area contributed by atoms with Gasteiger partial charge in [0.2, 0.25) is 0 Å². The zero-order valence-electron chi connectivity index (χ0n) is 12.7. The van der Waals surface area contributed by atoms with Gasteiger partial charge in [-0.1, -0.05) is 24.3 Å². The van der Waals surface area contributed by atoms with Crippen molar-refractivity contribution in [3.63, 3.8) is 0 Å². The van der Waals surface area contributed by atoms with Gasteiger partial charge in [-0.15, -0.1) is 0 Å². The number of hydrogen-bond donors (Lipinski definition) is 1. The van der Waals surface area contributed by atoms with Gasteiger partial charge in [-0.2, -0.15) is 11.3 Å². The highest BCUT2D eigenvalue weighted by molar-refractivity contribution is 7.07. The molecule has 1 aliphatic rings. The molecular formula is C18H24N2S. The van der Waals surface area contributed by atoms with Crippen molar-refractivity contribution < 1.29 is 0 Å². The first kappa shape index (κ1) is 14.8. The molecule has 3 rings (SSSR count). The average Bonchev–Trinajstić information content (AvgIpc) is 3.23. The van der Waals surface area contributed by atoms with E-state index >= 15 is 0 Å². The number of hydrogen-bond acceptors (Lipinski definition) is 3. The van der Waals surface area contributed by atoms with E-state index in [2.05, 4.69) is 51.3 Å². The summed E-state index contributed by atoms with van der Waals surface area (Å²) in [4.78, 5) is 2.65. The molecule has 1 aromatic heterocycles. The first-order valence-corrected chi connectivity index (χ1v) is 8.77. The maximum absolute atomic E-state index is 3.26. The molecule has 112 valence electrons. The lowest BCUT2D eigenvalue weighted by molar-refractivity contribution is 0.245. The summed E-state index contributed by atoms with van der Waals surface area (Å²) in [6, 6.07) is 12.0. The lowest BCUT2D eigenvalue weighted by atomic mass is 10.0. The smallest absolute Gasteiger partial charge is 0.0248 e. The van der Waals surface area contributed by atoms with Crippen LogP contribution >= 0.6 is 11.3 Å². The summed E-state index contributed by atoms with van der Waals surface area (Å²) >= 11 is 1.80. The number of nitrogens with one attached hydrogen (secondary N) is 1. The molecule has 1 aliphatic carbocycles. The summed E-state index contributed by atoms with van der Waals surface area (Å²) in [5, 5.41) is 7.72. The van der Waals surface area contributed by atoms with Crippen LogP contribution in [0.5, 0.6) is 0 Å². The van der Waals surface area contributed by atoms with E-state index in [0.717, 1.165) is 32.1 Å². The molecule has 0 bridgehead atoms. The molecule has 0 spiro atoms. The minimum atomic E-state index is 0.794. The van der Waals surface area contributed by atoms with Gasteiger partial charge < -0.3 is 5.32 Å². The van der Waals surface area contributed by atoms with Crippen LogP contribution < -0.4 is 5.32 Å². The Morgan fingerprint density at radius 3 is 2.62 bits per heavy atom. The van der Waals surface area contributed by atoms with Gasteiger partial charge in [0.1, 0.15) is 0 Å². The van der Waals surface area contributed by atoms with Crippen LogP contribution in [0.25, 0.3) is 0 Å². The largest absolute Gasteiger partial charge is 0.319 e. The van der Waals surface area contributed by atoms with E-state index < -0.39 is 0 Å². The third kappa shape index (κ3) is 4.16. The molecule has 1 N–H and O–H groups in total. The van der Waals surface area contributed by atoms with Crippen LogP contribution in [0.15, 0.2) is 41.1 Å². The summed E-state index contributed by atoms with van der Waals surface area (Å²) in [5.74, 6) is 0. The molecule has 0 radical (unpaired) electrons. The van der Waals surface area contributed by atoms with Gasteiger partial charge in [-0.3, -0.25) is 4.90 Å². The molecule has 0 atom stereocenters. The Hall–Kier alpha value is -1.16. The molecule has 0 amide bonds. The van der Waals surface area contributed by atoms with Crippen LogP contribution in [0.1, 0.15) is 29.5 Å². The van der Waals surface area contributed by atoms with Crippen molar-refractivity contribution in [3.8, 4) is 0 Å². The molecule has 0 unspecified atom stereocenters. The van der Waals surface area contributed by atoms with Crippen LogP contribution in [0.4, 0.5) is 0 Å². The van der Waals surface area contributed by atoms with Gasteiger partial charge >= 0.3 is 0 Å². The maximum Gasteiger partial charge on any atom is 0.0248 e. The minimum absolute atomic E-state index is 0.794. The van der Waals surface area contributed by atoms with Crippen LogP contribution in [0, 0.1) is 0 Å². The van der Waals surface area contributed by atoms with Gasteiger partial charge in [-0.25, -0.2) is 0 Å². The Bertz CT molecular complexity index is 546. The fourth-order valence-electron chi connectivity index (χ4n) is 2.81. The minimum Gasteiger partial charge on any atom is -0.319 e. The maximum atomic E-state index is 3.26. The van der Waals surface area contributed by atoms with Crippen LogP contribution in [0.2, 0.25) is 0 Å². The highest BCUT2D eigenvalue weighted by Gasteiger charge is 2.29. The van der Waals surface area contributed by atoms with E-state index in [1.54, 1.807) is 11.3 Å². The normalized spacial score (nSPS) is 14.8. The molecule has 1 fully saturated rings. The fraction of sp³-hybridized carbons (Fsp3) is 0.444. The van der Waals surface area contributed by atoms with Crippen molar-refractivity contribution in [3.05, 3.63) is 57.8 Å². The molecule has 1 heterocycles. The Balaban J connectivity index is 1.70. The second-order valence-corrected chi connectivity index (χ2v) is 6.67. The Morgan fingerprint density at radius 1 is 1.14 bits per heavy atom. The van der Waals surface area contributed by atoms with Crippen molar-refractivity contribution in [2.24, 2.45) is 0 Å². The molecule has 2 aromatic rings. The Morgan fingerprint density at radius 2 is 1.95 bits per heavy atom. The first-order chi connectivity index (χ1) is 10.4. The standard InChI is InChI=1S/C18H24N2S/c1-19-10-8-16-4-2-3-5-17(16)13-20(18-6-7-18)12-15-9-11-21-14-15/h2-5,9,11,14,18-19H,6-8,10,12-13H2,1H3. The summed E-state index contributed by atoms with van der Waals surface area (Å²) in [7, 11) is 2.02. The van der Waals surface area contributed by atoms with Crippen molar-refractivity contribution in [1.82, 2.24) is 10.2 Å². The average molecular weight is 300 g/mol. The van der Waals surface area contributed by atoms with Gasteiger partial charge in [0.15, 0.2) is 0 Å². The zero-order chi connectivity index (χ0) is 14.5. The quantitative estimate of drug-likeness (QED) is 0.800. The molecule has 1 saturated carbocycles. The number of rotatable bonds is 8. The molecule has 0 saturated heterocycles. The second-order valence-electron chi connectivity index (χ2n) is 5.89. The van der Waals surface area contributed by atoms with E-state index in [1.807, 2.05) is 7.05 Å². The molecule has 3 heteroatoms. The number of thiophene rings is 1. The summed E-state index contributed by atoms with van der Waals surface area (Å²) in [6.45, 7) is 3.22. The van der Waals surface area contributed by atoms with E-state index in [0.29, 0.717) is 0 Å². The number of benzene rings is 1. The Labute approximate surface area is 131 Å². The molecule has 1 aromatic carbocycles. The molecule has 2 nitrogen and oxygen atoms in total. The fourth-order valence-corrected chi connectivity index (χ4v) is 3.46. The summed E-state index contributed by atoms with van der Waals surface area (Å²) < 4.78 is 0. The SMILES string of the molecule is CNCCc1ccccc1CN(Cc1ccsc1)C1CC1. The summed E-state index contributed by atoms with van der Waals surface area (Å²) in [6.07, 6.45) is 3.84. The van der Waals surface area contributed by atoms with Gasteiger partial charge in [0.05, 0.1) is 0 Å². The van der Waals surface area contributed by atoms with Crippen molar-refractivity contribution >= 4 is 11.3 Å². The zero-order valence-corrected chi connectivity index (χ0v) is 13.5. The highest BCUT2D eigenvalue weighted by atomic mass is 32.1. The van der Waals surface area contributed by atoms with E-state index in [4.69, 9.17) is 0 Å². The van der Waals surface area contributed by atoms with Gasteiger partial charge in [-0.05, 0) is 66.4 Å². The van der Waals surface area contributed by atoms with Gasteiger partial charge in [0, 0.05) is 19.1 Å². The highest BCUT2D eigenvalue weighted by Crippen LogP contribution is 2.30. The third-order valence-electron chi connectivity index (χ3n) is 4.17. The van der Waals surface area contributed by atoms with Gasteiger partial charge in [0.25, 0.3) is 0 Å². The van der Waals surface area contributed by atoms with E-state index in [1.165, 1.54) is 29.5 Å². The molecule has 21 heavy (non-hydrogen) atoms. The summed E-state index contributed by atoms with van der Waals surface area (Å²) in [5.41, 5.74) is 4.44. The Kier molecular flexibility index (Phi) is 5.07. The molecule has 0 aliphatic heterocycles. The van der Waals surface area contributed by atoms with Crippen LogP contribution in [-0.4, -0.2) is 24.5 Å². The first-order valence-electron chi connectivity index (χ1n) is 7.83. The number of likely N-dealkylation sites (N-methyl/N-ethyl adjacent to an activating group) is 1. The van der Waals surface area contributed by atoms with Crippen molar-refractivity contribution in [2.45, 2.75) is 38.4 Å². The molecular weight excluding hydrogens is 276 g/mol. The number of nitrogens with zero attached hydrogens (tertiary/aromatic N) is 1. The predicted octanol–water partition coefficient (Wildman–Crippen LogP) is 3.67. The second kappa shape index (κ2) is 7.21. The monoisotopic (exact) mass is 300 g/mol. The van der Waals surface area contributed by atoms with Crippen molar-refractivity contribution in [2.75, 3.05) is 13.6 Å². The van der Waals surface area contributed by atoms with E-state index in [-0.39, 0.29) is 0 Å².